The van der Waals surface area contributed by atoms with Crippen LogP contribution in [0.5, 0.6) is 0 Å². The van der Waals surface area contributed by atoms with E-state index in [2.05, 4.69) is 64.9 Å². The van der Waals surface area contributed by atoms with Crippen LogP contribution in [0.4, 0.5) is 0 Å². The third-order valence-electron chi connectivity index (χ3n) is 4.49. The van der Waals surface area contributed by atoms with Gasteiger partial charge in [0.15, 0.2) is 5.96 Å². The van der Waals surface area contributed by atoms with Gasteiger partial charge < -0.3 is 15.6 Å². The first-order valence-electron chi connectivity index (χ1n) is 9.65. The van der Waals surface area contributed by atoms with E-state index in [1.165, 1.54) is 18.4 Å². The summed E-state index contributed by atoms with van der Waals surface area (Å²) in [6.45, 7) is 8.07. The lowest BCUT2D eigenvalue weighted by atomic mass is 10.0. The summed E-state index contributed by atoms with van der Waals surface area (Å²) in [5, 5.41) is 3.28. The lowest BCUT2D eigenvalue weighted by Crippen LogP contribution is -2.38. The van der Waals surface area contributed by atoms with E-state index in [-0.39, 0.29) is 0 Å². The number of guanidine groups is 1. The number of hydrogen-bond acceptors (Lipinski definition) is 2. The van der Waals surface area contributed by atoms with Crippen LogP contribution in [0.15, 0.2) is 47.7 Å². The van der Waals surface area contributed by atoms with Gasteiger partial charge in [-0.25, -0.2) is 9.98 Å². The molecule has 0 saturated carbocycles. The minimum absolute atomic E-state index is 0.343. The highest BCUT2D eigenvalue weighted by molar-refractivity contribution is 5.78. The zero-order valence-electron chi connectivity index (χ0n) is 16.4. The third-order valence-corrected chi connectivity index (χ3v) is 4.49. The quantitative estimate of drug-likeness (QED) is 0.504. The van der Waals surface area contributed by atoms with Crippen LogP contribution >= 0.6 is 0 Å². The summed E-state index contributed by atoms with van der Waals surface area (Å²) in [6.07, 6.45) is 8.39. The lowest BCUT2D eigenvalue weighted by Gasteiger charge is -2.15. The molecule has 2 aromatic rings. The largest absolute Gasteiger partial charge is 0.370 e. The van der Waals surface area contributed by atoms with Gasteiger partial charge in [0, 0.05) is 25.0 Å². The molecule has 1 aromatic heterocycles. The van der Waals surface area contributed by atoms with Crippen LogP contribution in [0.25, 0.3) is 0 Å². The Hall–Kier alpha value is -2.30. The number of aliphatic imine (C=N–C) groups is 1. The summed E-state index contributed by atoms with van der Waals surface area (Å²) in [7, 11) is 0. The van der Waals surface area contributed by atoms with E-state index in [0.29, 0.717) is 18.5 Å². The molecular formula is C21H33N5. The van der Waals surface area contributed by atoms with E-state index in [4.69, 9.17) is 5.73 Å². The molecule has 0 bridgehead atoms. The summed E-state index contributed by atoms with van der Waals surface area (Å²) < 4.78 is 2.15. The first-order chi connectivity index (χ1) is 12.5. The highest BCUT2D eigenvalue weighted by Gasteiger charge is 2.06. The van der Waals surface area contributed by atoms with E-state index < -0.39 is 0 Å². The van der Waals surface area contributed by atoms with Crippen molar-refractivity contribution in [3.63, 3.8) is 0 Å². The summed E-state index contributed by atoms with van der Waals surface area (Å²) in [5.74, 6) is 2.20. The Morgan fingerprint density at radius 3 is 2.69 bits per heavy atom. The second-order valence-electron chi connectivity index (χ2n) is 7.34. The second kappa shape index (κ2) is 10.6. The molecule has 0 aliphatic heterocycles. The smallest absolute Gasteiger partial charge is 0.189 e. The molecule has 142 valence electrons. The highest BCUT2D eigenvalue weighted by atomic mass is 15.1. The van der Waals surface area contributed by atoms with Crippen molar-refractivity contribution in [1.82, 2.24) is 14.9 Å². The van der Waals surface area contributed by atoms with E-state index in [1.54, 1.807) is 0 Å². The minimum Gasteiger partial charge on any atom is -0.370 e. The van der Waals surface area contributed by atoms with Crippen LogP contribution in [0.1, 0.15) is 51.4 Å². The third kappa shape index (κ3) is 7.30. The van der Waals surface area contributed by atoms with Gasteiger partial charge in [0.2, 0.25) is 0 Å². The van der Waals surface area contributed by atoms with Crippen LogP contribution < -0.4 is 11.1 Å². The Kier molecular flexibility index (Phi) is 8.19. The van der Waals surface area contributed by atoms with Gasteiger partial charge in [0.25, 0.3) is 0 Å². The molecule has 0 amide bonds. The Morgan fingerprint density at radius 1 is 1.19 bits per heavy atom. The van der Waals surface area contributed by atoms with Gasteiger partial charge in [-0.15, -0.1) is 0 Å². The molecule has 1 heterocycles. The van der Waals surface area contributed by atoms with Gasteiger partial charge in [-0.2, -0.15) is 0 Å². The summed E-state index contributed by atoms with van der Waals surface area (Å²) >= 11 is 0. The average Bonchev–Trinajstić information content (AvgIpc) is 3.06. The molecule has 0 saturated heterocycles. The molecule has 1 aromatic carbocycles. The Morgan fingerprint density at radius 2 is 1.96 bits per heavy atom. The van der Waals surface area contributed by atoms with Crippen molar-refractivity contribution in [3.05, 3.63) is 54.1 Å². The molecule has 0 aliphatic rings. The van der Waals surface area contributed by atoms with Gasteiger partial charge in [0.05, 0.1) is 0 Å². The number of imidazole rings is 1. The SMILES string of the molecule is CC(C)CCCC(C)NC(N)=NCc1nccn1CCc1ccccc1. The van der Waals surface area contributed by atoms with Crippen LogP contribution in [0.3, 0.4) is 0 Å². The number of nitrogens with one attached hydrogen (secondary N) is 1. The first kappa shape index (κ1) is 20.0. The van der Waals surface area contributed by atoms with Crippen molar-refractivity contribution in [2.75, 3.05) is 0 Å². The predicted molar refractivity (Wildman–Crippen MR) is 109 cm³/mol. The highest BCUT2D eigenvalue weighted by Crippen LogP contribution is 2.08. The van der Waals surface area contributed by atoms with Crippen molar-refractivity contribution >= 4 is 5.96 Å². The summed E-state index contributed by atoms with van der Waals surface area (Å²) in [4.78, 5) is 8.89. The van der Waals surface area contributed by atoms with E-state index >= 15 is 0 Å². The molecule has 5 nitrogen and oxygen atoms in total. The van der Waals surface area contributed by atoms with Crippen LogP contribution in [0, 0.1) is 5.92 Å². The number of aromatic nitrogens is 2. The Balaban J connectivity index is 1.79. The predicted octanol–water partition coefficient (Wildman–Crippen LogP) is 3.74. The normalized spacial score (nSPS) is 13.2. The topological polar surface area (TPSA) is 68.2 Å². The number of benzene rings is 1. The van der Waals surface area contributed by atoms with Crippen LogP contribution in [-0.4, -0.2) is 21.6 Å². The number of hydrogen-bond donors (Lipinski definition) is 2. The maximum absolute atomic E-state index is 6.04. The summed E-state index contributed by atoms with van der Waals surface area (Å²) in [6, 6.07) is 10.8. The van der Waals surface area contributed by atoms with Crippen molar-refractivity contribution in [3.8, 4) is 0 Å². The van der Waals surface area contributed by atoms with Crippen molar-refractivity contribution in [2.45, 2.75) is 65.6 Å². The fraction of sp³-hybridized carbons (Fsp3) is 0.524. The van der Waals surface area contributed by atoms with E-state index in [9.17, 15) is 0 Å². The number of aryl methyl sites for hydroxylation is 2. The van der Waals surface area contributed by atoms with Gasteiger partial charge in [-0.3, -0.25) is 0 Å². The second-order valence-corrected chi connectivity index (χ2v) is 7.34. The maximum Gasteiger partial charge on any atom is 0.189 e. The molecule has 0 aliphatic carbocycles. The molecule has 1 unspecified atom stereocenters. The molecule has 26 heavy (non-hydrogen) atoms. The first-order valence-corrected chi connectivity index (χ1v) is 9.65. The van der Waals surface area contributed by atoms with E-state index in [0.717, 1.165) is 31.1 Å². The molecule has 0 fully saturated rings. The Bertz CT molecular complexity index is 660. The van der Waals surface area contributed by atoms with Gasteiger partial charge in [-0.1, -0.05) is 57.0 Å². The van der Waals surface area contributed by atoms with Crippen LogP contribution in [0.2, 0.25) is 0 Å². The maximum atomic E-state index is 6.04. The van der Waals surface area contributed by atoms with E-state index in [1.807, 2.05) is 18.5 Å². The zero-order chi connectivity index (χ0) is 18.8. The molecule has 2 rings (SSSR count). The molecular weight excluding hydrogens is 322 g/mol. The van der Waals surface area contributed by atoms with Crippen LogP contribution in [-0.2, 0) is 19.5 Å². The van der Waals surface area contributed by atoms with Gasteiger partial charge in [-0.05, 0) is 31.2 Å². The fourth-order valence-corrected chi connectivity index (χ4v) is 2.95. The molecule has 1 atom stereocenters. The number of nitrogens with zero attached hydrogens (tertiary/aromatic N) is 3. The van der Waals surface area contributed by atoms with Crippen molar-refractivity contribution < 1.29 is 0 Å². The lowest BCUT2D eigenvalue weighted by molar-refractivity contribution is 0.493. The minimum atomic E-state index is 0.343. The number of rotatable bonds is 10. The van der Waals surface area contributed by atoms with Gasteiger partial charge in [0.1, 0.15) is 12.4 Å². The number of nitrogens with two attached hydrogens (primary N) is 1. The summed E-state index contributed by atoms with van der Waals surface area (Å²) in [5.41, 5.74) is 7.37. The molecule has 0 radical (unpaired) electrons. The fourth-order valence-electron chi connectivity index (χ4n) is 2.95. The average molecular weight is 356 g/mol. The zero-order valence-corrected chi connectivity index (χ0v) is 16.4. The monoisotopic (exact) mass is 355 g/mol. The molecule has 3 N–H and O–H groups in total. The van der Waals surface area contributed by atoms with Gasteiger partial charge >= 0.3 is 0 Å². The molecule has 5 heteroatoms. The van der Waals surface area contributed by atoms with Crippen molar-refractivity contribution in [2.24, 2.45) is 16.6 Å². The Labute approximate surface area is 157 Å². The standard InChI is InChI=1S/C21H33N5/c1-17(2)8-7-9-18(3)25-21(22)24-16-20-23-13-15-26(20)14-12-19-10-5-4-6-11-19/h4-6,10-11,13,15,17-18H,7-9,12,14,16H2,1-3H3,(H3,22,24,25). The molecule has 0 spiro atoms. The van der Waals surface area contributed by atoms with Crippen molar-refractivity contribution in [1.29, 1.82) is 0 Å².